The van der Waals surface area contributed by atoms with Gasteiger partial charge in [0.2, 0.25) is 0 Å². The van der Waals surface area contributed by atoms with E-state index in [1.807, 2.05) is 33.8 Å². The van der Waals surface area contributed by atoms with Crippen LogP contribution >= 0.6 is 0 Å². The first kappa shape index (κ1) is 13.9. The molecule has 0 aliphatic carbocycles. The molecule has 2 nitrogen and oxygen atoms in total. The zero-order chi connectivity index (χ0) is 11.8. The number of esters is 1. The van der Waals surface area contributed by atoms with Crippen LogP contribution in [0.1, 0.15) is 47.5 Å². The van der Waals surface area contributed by atoms with E-state index in [-0.39, 0.29) is 5.97 Å². The van der Waals surface area contributed by atoms with Crippen LogP contribution in [-0.4, -0.2) is 12.6 Å². The molecule has 0 saturated carbocycles. The number of allylic oxidation sites excluding steroid dienone is 2. The fourth-order valence-electron chi connectivity index (χ4n) is 1.08. The molecule has 15 heavy (non-hydrogen) atoms. The first-order chi connectivity index (χ1) is 6.99. The molecule has 0 bridgehead atoms. The van der Waals surface area contributed by atoms with Gasteiger partial charge in [-0.25, -0.2) is 4.79 Å². The second kappa shape index (κ2) is 7.27. The zero-order valence-corrected chi connectivity index (χ0v) is 10.5. The Labute approximate surface area is 93.0 Å². The Kier molecular flexibility index (Phi) is 6.76. The van der Waals surface area contributed by atoms with Crippen molar-refractivity contribution in [1.29, 1.82) is 0 Å². The molecule has 0 unspecified atom stereocenters. The van der Waals surface area contributed by atoms with Crippen molar-refractivity contribution in [3.63, 3.8) is 0 Å². The summed E-state index contributed by atoms with van der Waals surface area (Å²) >= 11 is 0. The van der Waals surface area contributed by atoms with E-state index >= 15 is 0 Å². The average Bonchev–Trinajstić information content (AvgIpc) is 2.13. The molecule has 0 heterocycles. The van der Waals surface area contributed by atoms with Gasteiger partial charge in [0, 0.05) is 0 Å². The lowest BCUT2D eigenvalue weighted by Gasteiger charge is -2.06. The van der Waals surface area contributed by atoms with Crippen molar-refractivity contribution in [2.75, 3.05) is 6.61 Å². The lowest BCUT2D eigenvalue weighted by Crippen LogP contribution is -2.09. The number of unbranched alkanes of at least 4 members (excludes halogenated alkanes) is 1. The molecule has 0 aliphatic rings. The molecule has 0 amide bonds. The third-order valence-electron chi connectivity index (χ3n) is 1.92. The summed E-state index contributed by atoms with van der Waals surface area (Å²) in [5.74, 6) is -0.204. The van der Waals surface area contributed by atoms with Gasteiger partial charge >= 0.3 is 5.97 Å². The Morgan fingerprint density at radius 2 is 1.80 bits per heavy atom. The van der Waals surface area contributed by atoms with E-state index in [0.717, 1.165) is 24.0 Å². The first-order valence-electron chi connectivity index (χ1n) is 5.48. The lowest BCUT2D eigenvalue weighted by molar-refractivity contribution is -0.138. The molecule has 86 valence electrons. The summed E-state index contributed by atoms with van der Waals surface area (Å²) in [7, 11) is 0. The molecular formula is C13H22O2. The quantitative estimate of drug-likeness (QED) is 0.300. The first-order valence-corrected chi connectivity index (χ1v) is 5.48. The summed E-state index contributed by atoms with van der Waals surface area (Å²) in [6, 6.07) is 0. The van der Waals surface area contributed by atoms with Gasteiger partial charge in [0.15, 0.2) is 0 Å². The number of carbonyl (C=O) groups is 1. The van der Waals surface area contributed by atoms with Crippen molar-refractivity contribution in [3.8, 4) is 0 Å². The molecule has 0 saturated heterocycles. The topological polar surface area (TPSA) is 26.3 Å². The largest absolute Gasteiger partial charge is 0.462 e. The maximum atomic E-state index is 11.7. The van der Waals surface area contributed by atoms with Gasteiger partial charge in [0.25, 0.3) is 0 Å². The predicted octanol–water partition coefficient (Wildman–Crippen LogP) is 3.63. The molecule has 0 atom stereocenters. The molecular weight excluding hydrogens is 188 g/mol. The summed E-state index contributed by atoms with van der Waals surface area (Å²) in [5, 5.41) is 0. The monoisotopic (exact) mass is 210 g/mol. The number of hydrogen-bond acceptors (Lipinski definition) is 2. The normalized spacial score (nSPS) is 9.40. The number of carbonyl (C=O) groups excluding carboxylic acids is 1. The zero-order valence-electron chi connectivity index (χ0n) is 10.5. The van der Waals surface area contributed by atoms with Crippen molar-refractivity contribution in [2.24, 2.45) is 0 Å². The van der Waals surface area contributed by atoms with Crippen LogP contribution in [0.25, 0.3) is 0 Å². The van der Waals surface area contributed by atoms with Crippen LogP contribution in [0.5, 0.6) is 0 Å². The van der Waals surface area contributed by atoms with Gasteiger partial charge in [0.05, 0.1) is 12.2 Å². The summed E-state index contributed by atoms with van der Waals surface area (Å²) in [6.07, 6.45) is 3.85. The van der Waals surface area contributed by atoms with Crippen LogP contribution in [0.15, 0.2) is 22.8 Å². The highest BCUT2D eigenvalue weighted by Crippen LogP contribution is 2.10. The Hall–Kier alpha value is -1.05. The molecule has 0 radical (unpaired) electrons. The molecule has 0 rings (SSSR count). The van der Waals surface area contributed by atoms with Gasteiger partial charge in [-0.1, -0.05) is 24.5 Å². The van der Waals surface area contributed by atoms with Crippen LogP contribution in [-0.2, 0) is 9.53 Å². The second-order valence-electron chi connectivity index (χ2n) is 4.12. The summed E-state index contributed by atoms with van der Waals surface area (Å²) in [6.45, 7) is 10.4. The van der Waals surface area contributed by atoms with E-state index in [2.05, 4.69) is 6.92 Å². The van der Waals surface area contributed by atoms with Crippen molar-refractivity contribution in [1.82, 2.24) is 0 Å². The summed E-state index contributed by atoms with van der Waals surface area (Å²) in [5.41, 5.74) is 2.79. The van der Waals surface area contributed by atoms with Gasteiger partial charge in [-0.3, -0.25) is 0 Å². The van der Waals surface area contributed by atoms with Crippen LogP contribution < -0.4 is 0 Å². The molecule has 0 aliphatic heterocycles. The standard InChI is InChI=1S/C13H22O2/c1-6-7-8-15-13(14)12(11(4)5)9-10(2)3/h9H,6-8H2,1-5H3. The van der Waals surface area contributed by atoms with Crippen molar-refractivity contribution >= 4 is 5.97 Å². The summed E-state index contributed by atoms with van der Waals surface area (Å²) < 4.78 is 5.17. The average molecular weight is 210 g/mol. The van der Waals surface area contributed by atoms with E-state index in [4.69, 9.17) is 4.74 Å². The molecule has 0 aromatic heterocycles. The van der Waals surface area contributed by atoms with Gasteiger partial charge in [0.1, 0.15) is 0 Å². The maximum Gasteiger partial charge on any atom is 0.338 e. The van der Waals surface area contributed by atoms with Gasteiger partial charge in [-0.05, 0) is 40.2 Å². The molecule has 2 heteroatoms. The van der Waals surface area contributed by atoms with Crippen LogP contribution in [0.3, 0.4) is 0 Å². The predicted molar refractivity (Wildman–Crippen MR) is 63.7 cm³/mol. The number of rotatable bonds is 5. The van der Waals surface area contributed by atoms with E-state index in [1.165, 1.54) is 0 Å². The molecule has 0 spiro atoms. The smallest absolute Gasteiger partial charge is 0.338 e. The Morgan fingerprint density at radius 1 is 1.20 bits per heavy atom. The van der Waals surface area contributed by atoms with Crippen LogP contribution in [0, 0.1) is 0 Å². The number of ether oxygens (including phenoxy) is 1. The minimum Gasteiger partial charge on any atom is -0.462 e. The van der Waals surface area contributed by atoms with E-state index < -0.39 is 0 Å². The molecule has 0 aromatic rings. The SMILES string of the molecule is CCCCOC(=O)C(C=C(C)C)=C(C)C. The minimum atomic E-state index is -0.204. The Balaban J connectivity index is 4.47. The van der Waals surface area contributed by atoms with Crippen molar-refractivity contribution < 1.29 is 9.53 Å². The third kappa shape index (κ3) is 6.10. The van der Waals surface area contributed by atoms with Crippen molar-refractivity contribution in [2.45, 2.75) is 47.5 Å². The van der Waals surface area contributed by atoms with Gasteiger partial charge in [-0.15, -0.1) is 0 Å². The fraction of sp³-hybridized carbons (Fsp3) is 0.615. The van der Waals surface area contributed by atoms with Gasteiger partial charge in [-0.2, -0.15) is 0 Å². The molecule has 0 fully saturated rings. The highest BCUT2D eigenvalue weighted by Gasteiger charge is 2.09. The van der Waals surface area contributed by atoms with E-state index in [1.54, 1.807) is 0 Å². The van der Waals surface area contributed by atoms with E-state index in [9.17, 15) is 4.79 Å². The Morgan fingerprint density at radius 3 is 2.20 bits per heavy atom. The second-order valence-corrected chi connectivity index (χ2v) is 4.12. The fourth-order valence-corrected chi connectivity index (χ4v) is 1.08. The molecule has 0 N–H and O–H groups in total. The summed E-state index contributed by atoms with van der Waals surface area (Å²) in [4.78, 5) is 11.7. The van der Waals surface area contributed by atoms with Crippen LogP contribution in [0.4, 0.5) is 0 Å². The maximum absolute atomic E-state index is 11.7. The molecule has 0 aromatic carbocycles. The lowest BCUT2D eigenvalue weighted by atomic mass is 10.1. The third-order valence-corrected chi connectivity index (χ3v) is 1.92. The number of hydrogen-bond donors (Lipinski definition) is 0. The minimum absolute atomic E-state index is 0.204. The van der Waals surface area contributed by atoms with Crippen LogP contribution in [0.2, 0.25) is 0 Å². The van der Waals surface area contributed by atoms with Crippen molar-refractivity contribution in [3.05, 3.63) is 22.8 Å². The highest BCUT2D eigenvalue weighted by molar-refractivity contribution is 5.92. The van der Waals surface area contributed by atoms with E-state index in [0.29, 0.717) is 12.2 Å². The van der Waals surface area contributed by atoms with Gasteiger partial charge < -0.3 is 4.74 Å². The highest BCUT2D eigenvalue weighted by atomic mass is 16.5. The Bertz CT molecular complexity index is 264.